The molecule has 10 nitrogen and oxygen atoms in total. The molecule has 11 heteroatoms. The van der Waals surface area contributed by atoms with Crippen LogP contribution >= 0.6 is 0 Å². The van der Waals surface area contributed by atoms with E-state index in [0.717, 1.165) is 11.4 Å². The number of hydrogen-bond acceptors (Lipinski definition) is 7. The summed E-state index contributed by atoms with van der Waals surface area (Å²) < 4.78 is 30.9. The Kier molecular flexibility index (Phi) is 5.75. The Hall–Kier alpha value is -2.79. The van der Waals surface area contributed by atoms with Gasteiger partial charge >= 0.3 is 0 Å². The van der Waals surface area contributed by atoms with E-state index < -0.39 is 10.0 Å². The molecule has 3 aromatic rings. The second-order valence-corrected chi connectivity index (χ2v) is 8.00. The van der Waals surface area contributed by atoms with Gasteiger partial charge in [0.1, 0.15) is 30.1 Å². The fourth-order valence-electron chi connectivity index (χ4n) is 2.68. The van der Waals surface area contributed by atoms with E-state index in [2.05, 4.69) is 30.0 Å². The molecule has 0 atom stereocenters. The number of hydrogen-bond donors (Lipinski definition) is 2. The fraction of sp³-hybridized carbons (Fsp3) is 0.412. The average molecular weight is 405 g/mol. The number of nitrogens with one attached hydrogen (secondary N) is 2. The molecule has 0 aliphatic rings. The predicted octanol–water partition coefficient (Wildman–Crippen LogP) is 1.19. The third-order valence-corrected chi connectivity index (χ3v) is 5.78. The van der Waals surface area contributed by atoms with Crippen LogP contribution in [0.25, 0.3) is 5.82 Å². The van der Waals surface area contributed by atoms with E-state index in [4.69, 9.17) is 0 Å². The van der Waals surface area contributed by atoms with Crippen molar-refractivity contribution >= 4 is 15.8 Å². The van der Waals surface area contributed by atoms with Crippen molar-refractivity contribution in [2.24, 2.45) is 0 Å². The van der Waals surface area contributed by atoms with Crippen LogP contribution in [0.15, 0.2) is 29.9 Å². The van der Waals surface area contributed by atoms with Gasteiger partial charge in [-0.2, -0.15) is 0 Å². The van der Waals surface area contributed by atoms with Crippen LogP contribution in [0.3, 0.4) is 0 Å². The first-order valence-electron chi connectivity index (χ1n) is 8.92. The van der Waals surface area contributed by atoms with Gasteiger partial charge in [0.05, 0.1) is 5.69 Å². The summed E-state index contributed by atoms with van der Waals surface area (Å²) in [5.74, 6) is 1.96. The Bertz CT molecular complexity index is 1070. The van der Waals surface area contributed by atoms with Crippen molar-refractivity contribution in [1.29, 1.82) is 0 Å². The van der Waals surface area contributed by atoms with E-state index in [1.807, 2.05) is 25.3 Å². The molecule has 0 radical (unpaired) electrons. The van der Waals surface area contributed by atoms with Gasteiger partial charge in [0.15, 0.2) is 5.03 Å². The summed E-state index contributed by atoms with van der Waals surface area (Å²) in [6, 6.07) is 1.79. The number of anilines is 1. The summed E-state index contributed by atoms with van der Waals surface area (Å²) in [7, 11) is -3.65. The molecule has 0 spiro atoms. The predicted molar refractivity (Wildman–Crippen MR) is 105 cm³/mol. The van der Waals surface area contributed by atoms with Crippen molar-refractivity contribution in [1.82, 2.24) is 33.8 Å². The highest BCUT2D eigenvalue weighted by molar-refractivity contribution is 7.89. The van der Waals surface area contributed by atoms with Crippen LogP contribution in [-0.4, -0.2) is 50.6 Å². The summed E-state index contributed by atoms with van der Waals surface area (Å²) in [4.78, 5) is 16.8. The Morgan fingerprint density at radius 3 is 2.54 bits per heavy atom. The van der Waals surface area contributed by atoms with Gasteiger partial charge in [-0.15, -0.1) is 0 Å². The lowest BCUT2D eigenvalue weighted by atomic mass is 10.4. The second-order valence-electron chi connectivity index (χ2n) is 6.28. The standard InChI is InChI=1S/C17H24N8O2S/c1-5-24-9-17(23-14(24)4)28(26,27)22-7-6-18-15-8-16(20-10-19-15)25-11-21-12(2)13(25)3/h8-11,22H,5-7H2,1-4H3,(H,18,19,20). The molecule has 3 aromatic heterocycles. The monoisotopic (exact) mass is 404 g/mol. The van der Waals surface area contributed by atoms with E-state index in [-0.39, 0.29) is 11.6 Å². The zero-order valence-electron chi connectivity index (χ0n) is 16.3. The van der Waals surface area contributed by atoms with Gasteiger partial charge in [0.2, 0.25) is 0 Å². The molecule has 0 bridgehead atoms. The smallest absolute Gasteiger partial charge is 0.259 e. The summed E-state index contributed by atoms with van der Waals surface area (Å²) in [6.07, 6.45) is 4.70. The Labute approximate surface area is 164 Å². The Balaban J connectivity index is 1.59. The third kappa shape index (κ3) is 4.20. The van der Waals surface area contributed by atoms with Crippen LogP contribution in [-0.2, 0) is 16.6 Å². The fourth-order valence-corrected chi connectivity index (χ4v) is 3.72. The number of sulfonamides is 1. The summed E-state index contributed by atoms with van der Waals surface area (Å²) in [5.41, 5.74) is 1.93. The molecule has 2 N–H and O–H groups in total. The number of rotatable bonds is 8. The van der Waals surface area contributed by atoms with Gasteiger partial charge in [-0.05, 0) is 27.7 Å². The summed E-state index contributed by atoms with van der Waals surface area (Å²) in [6.45, 7) is 8.85. The normalized spacial score (nSPS) is 11.7. The van der Waals surface area contributed by atoms with E-state index in [1.165, 1.54) is 12.5 Å². The van der Waals surface area contributed by atoms with Gasteiger partial charge in [0, 0.05) is 37.6 Å². The highest BCUT2D eigenvalue weighted by Crippen LogP contribution is 2.13. The topological polar surface area (TPSA) is 120 Å². The van der Waals surface area contributed by atoms with Crippen LogP contribution in [0, 0.1) is 20.8 Å². The number of nitrogens with zero attached hydrogens (tertiary/aromatic N) is 6. The molecule has 28 heavy (non-hydrogen) atoms. The van der Waals surface area contributed by atoms with Gasteiger partial charge in [-0.1, -0.05) is 0 Å². The molecule has 0 fully saturated rings. The lowest BCUT2D eigenvalue weighted by Gasteiger charge is -2.09. The molecule has 0 amide bonds. The number of aryl methyl sites for hydroxylation is 3. The van der Waals surface area contributed by atoms with Gasteiger partial charge in [0.25, 0.3) is 10.0 Å². The molecular weight excluding hydrogens is 380 g/mol. The van der Waals surface area contributed by atoms with E-state index in [0.29, 0.717) is 30.5 Å². The Morgan fingerprint density at radius 2 is 1.89 bits per heavy atom. The molecule has 3 heterocycles. The Morgan fingerprint density at radius 1 is 1.11 bits per heavy atom. The number of imidazole rings is 2. The van der Waals surface area contributed by atoms with Crippen molar-refractivity contribution in [2.45, 2.75) is 39.3 Å². The molecule has 3 rings (SSSR count). The second kappa shape index (κ2) is 8.07. The van der Waals surface area contributed by atoms with Crippen LogP contribution < -0.4 is 10.0 Å². The van der Waals surface area contributed by atoms with Gasteiger partial charge < -0.3 is 9.88 Å². The van der Waals surface area contributed by atoms with Crippen LogP contribution in [0.1, 0.15) is 24.1 Å². The average Bonchev–Trinajstić information content (AvgIpc) is 3.22. The highest BCUT2D eigenvalue weighted by Gasteiger charge is 2.18. The molecule has 0 unspecified atom stereocenters. The van der Waals surface area contributed by atoms with E-state index in [1.54, 1.807) is 23.9 Å². The first kappa shape index (κ1) is 20.0. The highest BCUT2D eigenvalue weighted by atomic mass is 32.2. The first-order chi connectivity index (χ1) is 13.3. The van der Waals surface area contributed by atoms with E-state index >= 15 is 0 Å². The lowest BCUT2D eigenvalue weighted by molar-refractivity contribution is 0.579. The molecule has 150 valence electrons. The molecular formula is C17H24N8O2S. The van der Waals surface area contributed by atoms with Crippen molar-refractivity contribution in [3.05, 3.63) is 42.1 Å². The minimum atomic E-state index is -3.65. The largest absolute Gasteiger partial charge is 0.369 e. The van der Waals surface area contributed by atoms with Crippen molar-refractivity contribution in [3.8, 4) is 5.82 Å². The number of aromatic nitrogens is 6. The molecule has 0 aliphatic heterocycles. The maximum absolute atomic E-state index is 12.4. The molecule has 0 saturated carbocycles. The molecule has 0 aliphatic carbocycles. The summed E-state index contributed by atoms with van der Waals surface area (Å²) in [5, 5.41) is 3.13. The first-order valence-corrected chi connectivity index (χ1v) is 10.4. The van der Waals surface area contributed by atoms with Crippen LogP contribution in [0.2, 0.25) is 0 Å². The molecule has 0 aromatic carbocycles. The lowest BCUT2D eigenvalue weighted by Crippen LogP contribution is -2.29. The van der Waals surface area contributed by atoms with E-state index in [9.17, 15) is 8.42 Å². The van der Waals surface area contributed by atoms with Crippen molar-refractivity contribution in [2.75, 3.05) is 18.4 Å². The van der Waals surface area contributed by atoms with Gasteiger partial charge in [-0.25, -0.2) is 33.1 Å². The summed E-state index contributed by atoms with van der Waals surface area (Å²) >= 11 is 0. The quantitative estimate of drug-likeness (QED) is 0.541. The van der Waals surface area contributed by atoms with Gasteiger partial charge in [-0.3, -0.25) is 4.57 Å². The minimum Gasteiger partial charge on any atom is -0.369 e. The SMILES string of the molecule is CCn1cc(S(=O)(=O)NCCNc2cc(-n3cnc(C)c3C)ncn2)nc1C. The van der Waals surface area contributed by atoms with Crippen LogP contribution in [0.4, 0.5) is 5.82 Å². The van der Waals surface area contributed by atoms with Crippen LogP contribution in [0.5, 0.6) is 0 Å². The molecule has 0 saturated heterocycles. The minimum absolute atomic E-state index is 0.0297. The van der Waals surface area contributed by atoms with Crippen molar-refractivity contribution < 1.29 is 8.42 Å². The van der Waals surface area contributed by atoms with Crippen molar-refractivity contribution in [3.63, 3.8) is 0 Å². The zero-order valence-corrected chi connectivity index (χ0v) is 17.2. The third-order valence-electron chi connectivity index (χ3n) is 4.44. The maximum atomic E-state index is 12.4. The zero-order chi connectivity index (χ0) is 20.3. The maximum Gasteiger partial charge on any atom is 0.259 e.